The first-order valence-corrected chi connectivity index (χ1v) is 4.78. The van der Waals surface area contributed by atoms with Gasteiger partial charge in [-0.1, -0.05) is 0 Å². The van der Waals surface area contributed by atoms with E-state index in [1.807, 2.05) is 20.8 Å². The van der Waals surface area contributed by atoms with Crippen LogP contribution >= 0.6 is 0 Å². The molecular formula is C10H16N4O. The van der Waals surface area contributed by atoms with Gasteiger partial charge >= 0.3 is 0 Å². The van der Waals surface area contributed by atoms with Crippen molar-refractivity contribution in [3.05, 3.63) is 23.5 Å². The van der Waals surface area contributed by atoms with Gasteiger partial charge in [-0.15, -0.1) is 0 Å². The number of nitrogens with two attached hydrogens (primary N) is 1. The van der Waals surface area contributed by atoms with E-state index in [0.29, 0.717) is 11.3 Å². The number of hydrogen-bond acceptors (Lipinski definition) is 4. The SMILES string of the molecule is Cc1cc(NN)c(C(=O)NC(C)C)cn1. The average molecular weight is 208 g/mol. The number of aromatic nitrogens is 1. The zero-order chi connectivity index (χ0) is 11.4. The number of nitrogen functional groups attached to an aromatic ring is 1. The van der Waals surface area contributed by atoms with E-state index in [9.17, 15) is 4.79 Å². The lowest BCUT2D eigenvalue weighted by Gasteiger charge is -2.11. The third-order valence-corrected chi connectivity index (χ3v) is 1.86. The number of nitrogens with one attached hydrogen (secondary N) is 2. The summed E-state index contributed by atoms with van der Waals surface area (Å²) in [6.45, 7) is 5.63. The number of amides is 1. The number of hydrazine groups is 1. The highest BCUT2D eigenvalue weighted by molar-refractivity contribution is 5.99. The van der Waals surface area contributed by atoms with Gasteiger partial charge in [0.2, 0.25) is 0 Å². The van der Waals surface area contributed by atoms with Gasteiger partial charge in [-0.25, -0.2) is 0 Å². The Morgan fingerprint density at radius 1 is 1.53 bits per heavy atom. The fourth-order valence-electron chi connectivity index (χ4n) is 1.20. The minimum absolute atomic E-state index is 0.0874. The second-order valence-electron chi connectivity index (χ2n) is 3.64. The van der Waals surface area contributed by atoms with Gasteiger partial charge in [-0.05, 0) is 26.8 Å². The standard InChI is InChI=1S/C10H16N4O/c1-6(2)13-10(15)8-5-12-7(3)4-9(8)14-11/h4-6H,11H2,1-3H3,(H,12,14)(H,13,15). The van der Waals surface area contributed by atoms with Gasteiger partial charge in [0, 0.05) is 17.9 Å². The third kappa shape index (κ3) is 2.92. The fourth-order valence-corrected chi connectivity index (χ4v) is 1.20. The van der Waals surface area contributed by atoms with Gasteiger partial charge in [0.15, 0.2) is 0 Å². The normalized spacial score (nSPS) is 10.2. The number of nitrogens with zero attached hydrogens (tertiary/aromatic N) is 1. The molecule has 0 unspecified atom stereocenters. The van der Waals surface area contributed by atoms with Gasteiger partial charge in [0.1, 0.15) is 0 Å². The summed E-state index contributed by atoms with van der Waals surface area (Å²) >= 11 is 0. The molecule has 0 radical (unpaired) electrons. The minimum atomic E-state index is -0.176. The van der Waals surface area contributed by atoms with Gasteiger partial charge in [0.05, 0.1) is 11.3 Å². The van der Waals surface area contributed by atoms with E-state index < -0.39 is 0 Å². The smallest absolute Gasteiger partial charge is 0.255 e. The number of anilines is 1. The predicted molar refractivity (Wildman–Crippen MR) is 59.4 cm³/mol. The van der Waals surface area contributed by atoms with Gasteiger partial charge in [-0.2, -0.15) is 0 Å². The van der Waals surface area contributed by atoms with E-state index in [-0.39, 0.29) is 11.9 Å². The van der Waals surface area contributed by atoms with Crippen molar-refractivity contribution in [2.24, 2.45) is 5.84 Å². The maximum absolute atomic E-state index is 11.7. The molecule has 0 saturated carbocycles. The second kappa shape index (κ2) is 4.75. The Hall–Kier alpha value is -1.62. The van der Waals surface area contributed by atoms with Crippen molar-refractivity contribution in [1.82, 2.24) is 10.3 Å². The lowest BCUT2D eigenvalue weighted by Crippen LogP contribution is -2.31. The molecule has 5 heteroatoms. The molecule has 0 aliphatic carbocycles. The Labute approximate surface area is 89.0 Å². The molecule has 0 spiro atoms. The molecular weight excluding hydrogens is 192 g/mol. The fraction of sp³-hybridized carbons (Fsp3) is 0.400. The van der Waals surface area contributed by atoms with Crippen molar-refractivity contribution in [3.8, 4) is 0 Å². The minimum Gasteiger partial charge on any atom is -0.350 e. The van der Waals surface area contributed by atoms with E-state index in [1.165, 1.54) is 6.20 Å². The van der Waals surface area contributed by atoms with Crippen molar-refractivity contribution < 1.29 is 4.79 Å². The van der Waals surface area contributed by atoms with Gasteiger partial charge in [-0.3, -0.25) is 15.6 Å². The molecule has 1 aromatic heterocycles. The summed E-state index contributed by atoms with van der Waals surface area (Å²) in [7, 11) is 0. The molecule has 15 heavy (non-hydrogen) atoms. The number of rotatable bonds is 3. The molecule has 1 rings (SSSR count). The average Bonchev–Trinajstić information content (AvgIpc) is 2.16. The van der Waals surface area contributed by atoms with Crippen molar-refractivity contribution in [3.63, 3.8) is 0 Å². The van der Waals surface area contributed by atoms with Crippen LogP contribution in [0.2, 0.25) is 0 Å². The van der Waals surface area contributed by atoms with Crippen LogP contribution in [0.5, 0.6) is 0 Å². The largest absolute Gasteiger partial charge is 0.350 e. The first kappa shape index (κ1) is 11.5. The topological polar surface area (TPSA) is 80.0 Å². The molecule has 0 aliphatic rings. The highest BCUT2D eigenvalue weighted by Gasteiger charge is 2.12. The van der Waals surface area contributed by atoms with Crippen LogP contribution < -0.4 is 16.6 Å². The second-order valence-corrected chi connectivity index (χ2v) is 3.64. The zero-order valence-corrected chi connectivity index (χ0v) is 9.16. The summed E-state index contributed by atoms with van der Waals surface area (Å²) in [6.07, 6.45) is 1.52. The van der Waals surface area contributed by atoms with E-state index in [4.69, 9.17) is 5.84 Å². The Morgan fingerprint density at radius 2 is 2.20 bits per heavy atom. The third-order valence-electron chi connectivity index (χ3n) is 1.86. The lowest BCUT2D eigenvalue weighted by atomic mass is 10.2. The molecule has 0 aliphatic heterocycles. The Morgan fingerprint density at radius 3 is 2.73 bits per heavy atom. The highest BCUT2D eigenvalue weighted by Crippen LogP contribution is 2.14. The maximum Gasteiger partial charge on any atom is 0.255 e. The molecule has 82 valence electrons. The van der Waals surface area contributed by atoms with Gasteiger partial charge in [0.25, 0.3) is 5.91 Å². The molecule has 1 aromatic rings. The quantitative estimate of drug-likeness (QED) is 0.507. The summed E-state index contributed by atoms with van der Waals surface area (Å²) in [4.78, 5) is 15.8. The molecule has 0 aromatic carbocycles. The van der Waals surface area contributed by atoms with E-state index in [1.54, 1.807) is 6.07 Å². The van der Waals surface area contributed by atoms with Crippen LogP contribution in [0.25, 0.3) is 0 Å². The van der Waals surface area contributed by atoms with E-state index in [2.05, 4.69) is 15.7 Å². The van der Waals surface area contributed by atoms with Crippen molar-refractivity contribution in [2.45, 2.75) is 26.8 Å². The van der Waals surface area contributed by atoms with Crippen molar-refractivity contribution in [1.29, 1.82) is 0 Å². The summed E-state index contributed by atoms with van der Waals surface area (Å²) in [5.74, 6) is 5.15. The molecule has 1 amide bonds. The molecule has 0 fully saturated rings. The zero-order valence-electron chi connectivity index (χ0n) is 9.16. The highest BCUT2D eigenvalue weighted by atomic mass is 16.1. The molecule has 0 bridgehead atoms. The Balaban J connectivity index is 2.97. The Bertz CT molecular complexity index is 362. The van der Waals surface area contributed by atoms with Gasteiger partial charge < -0.3 is 10.7 Å². The monoisotopic (exact) mass is 208 g/mol. The van der Waals surface area contributed by atoms with E-state index in [0.717, 1.165) is 5.69 Å². The number of carbonyl (C=O) groups excluding carboxylic acids is 1. The predicted octanol–water partition coefficient (Wildman–Crippen LogP) is 0.814. The number of hydrogen-bond donors (Lipinski definition) is 3. The van der Waals surface area contributed by atoms with Crippen LogP contribution in [-0.4, -0.2) is 16.9 Å². The summed E-state index contributed by atoms with van der Waals surface area (Å²) in [6, 6.07) is 1.82. The molecule has 5 nitrogen and oxygen atoms in total. The van der Waals surface area contributed by atoms with Crippen LogP contribution in [0.15, 0.2) is 12.3 Å². The molecule has 0 saturated heterocycles. The summed E-state index contributed by atoms with van der Waals surface area (Å²) in [5.41, 5.74) is 4.34. The van der Waals surface area contributed by atoms with Crippen LogP contribution in [0, 0.1) is 6.92 Å². The molecule has 4 N–H and O–H groups in total. The lowest BCUT2D eigenvalue weighted by molar-refractivity contribution is 0.0943. The number of aryl methyl sites for hydroxylation is 1. The first-order chi connectivity index (χ1) is 7.04. The van der Waals surface area contributed by atoms with Crippen molar-refractivity contribution in [2.75, 3.05) is 5.43 Å². The Kier molecular flexibility index (Phi) is 3.62. The van der Waals surface area contributed by atoms with Crippen LogP contribution in [-0.2, 0) is 0 Å². The number of carbonyl (C=O) groups is 1. The molecule has 0 atom stereocenters. The van der Waals surface area contributed by atoms with Crippen LogP contribution in [0.4, 0.5) is 5.69 Å². The van der Waals surface area contributed by atoms with Crippen LogP contribution in [0.1, 0.15) is 29.9 Å². The maximum atomic E-state index is 11.7. The number of pyridine rings is 1. The summed E-state index contributed by atoms with van der Waals surface area (Å²) < 4.78 is 0. The summed E-state index contributed by atoms with van der Waals surface area (Å²) in [5, 5.41) is 2.78. The van der Waals surface area contributed by atoms with E-state index >= 15 is 0 Å². The van der Waals surface area contributed by atoms with Crippen molar-refractivity contribution >= 4 is 11.6 Å². The first-order valence-electron chi connectivity index (χ1n) is 4.78. The molecule has 1 heterocycles. The van der Waals surface area contributed by atoms with Crippen LogP contribution in [0.3, 0.4) is 0 Å².